The highest BCUT2D eigenvalue weighted by atomic mass is 32.2. The highest BCUT2D eigenvalue weighted by Crippen LogP contribution is 2.35. The van der Waals surface area contributed by atoms with Crippen LogP contribution in [0.5, 0.6) is 0 Å². The van der Waals surface area contributed by atoms with Crippen molar-refractivity contribution in [3.63, 3.8) is 0 Å². The van der Waals surface area contributed by atoms with Crippen molar-refractivity contribution >= 4 is 16.0 Å². The van der Waals surface area contributed by atoms with Crippen LogP contribution in [0.1, 0.15) is 47.5 Å². The summed E-state index contributed by atoms with van der Waals surface area (Å²) < 4.78 is 37.4. The molecular weight excluding hydrogens is 392 g/mol. The average molecular weight is 419 g/mol. The monoisotopic (exact) mass is 418 g/mol. The van der Waals surface area contributed by atoms with Crippen LogP contribution < -0.4 is 0 Å². The molecule has 0 radical (unpaired) electrons. The first-order chi connectivity index (χ1) is 14.0. The van der Waals surface area contributed by atoms with Crippen molar-refractivity contribution in [1.29, 1.82) is 0 Å². The van der Waals surface area contributed by atoms with Crippen LogP contribution in [0.4, 0.5) is 0 Å². The van der Waals surface area contributed by atoms with Crippen molar-refractivity contribution in [2.75, 3.05) is 32.8 Å². The number of ether oxygens (including phenoxy) is 1. The summed E-state index contributed by atoms with van der Waals surface area (Å²) in [6, 6.07) is 11.6. The van der Waals surface area contributed by atoms with Crippen LogP contribution in [0.2, 0.25) is 0 Å². The fraction of sp³-hybridized carbons (Fsp3) is 0.476. The lowest BCUT2D eigenvalue weighted by Gasteiger charge is -2.40. The van der Waals surface area contributed by atoms with Gasteiger partial charge in [0.2, 0.25) is 10.9 Å². The fourth-order valence-electron chi connectivity index (χ4n) is 4.26. The Bertz CT molecular complexity index is 976. The van der Waals surface area contributed by atoms with Crippen molar-refractivity contribution in [2.24, 2.45) is 0 Å². The summed E-state index contributed by atoms with van der Waals surface area (Å²) in [4.78, 5) is 14.1. The molecule has 0 unspecified atom stereocenters. The third kappa shape index (κ3) is 3.97. The van der Waals surface area contributed by atoms with E-state index >= 15 is 0 Å². The van der Waals surface area contributed by atoms with Gasteiger partial charge in [-0.05, 0) is 49.4 Å². The quantitative estimate of drug-likeness (QED) is 0.695. The Labute approximate surface area is 171 Å². The van der Waals surface area contributed by atoms with Gasteiger partial charge in [-0.15, -0.1) is 0 Å². The van der Waals surface area contributed by atoms with Crippen molar-refractivity contribution in [2.45, 2.75) is 37.3 Å². The van der Waals surface area contributed by atoms with E-state index in [1.165, 1.54) is 27.6 Å². The molecule has 1 saturated heterocycles. The first kappa shape index (κ1) is 20.1. The maximum Gasteiger partial charge on any atom is 0.374 e. The van der Waals surface area contributed by atoms with Gasteiger partial charge < -0.3 is 9.15 Å². The lowest BCUT2D eigenvalue weighted by molar-refractivity contribution is 0.0483. The number of piperazine rings is 1. The molecule has 1 atom stereocenters. The van der Waals surface area contributed by atoms with E-state index in [0.29, 0.717) is 32.2 Å². The van der Waals surface area contributed by atoms with Gasteiger partial charge in [-0.2, -0.15) is 4.31 Å². The first-order valence-electron chi connectivity index (χ1n) is 10.1. The predicted molar refractivity (Wildman–Crippen MR) is 107 cm³/mol. The number of benzene rings is 1. The molecule has 2 heterocycles. The largest absolute Gasteiger partial charge is 0.460 e. The molecule has 2 aliphatic rings. The molecule has 0 amide bonds. The minimum atomic E-state index is -3.77. The minimum Gasteiger partial charge on any atom is -0.460 e. The molecule has 4 rings (SSSR count). The molecule has 29 heavy (non-hydrogen) atoms. The Morgan fingerprint density at radius 2 is 1.90 bits per heavy atom. The normalized spacial score (nSPS) is 20.9. The number of hydrogen-bond donors (Lipinski definition) is 0. The number of sulfonamides is 1. The van der Waals surface area contributed by atoms with Gasteiger partial charge >= 0.3 is 5.97 Å². The van der Waals surface area contributed by atoms with Gasteiger partial charge in [0.1, 0.15) is 0 Å². The maximum absolute atomic E-state index is 12.9. The van der Waals surface area contributed by atoms with Crippen LogP contribution in [0.15, 0.2) is 45.9 Å². The van der Waals surface area contributed by atoms with Gasteiger partial charge in [0, 0.05) is 32.2 Å². The molecule has 0 spiro atoms. The summed E-state index contributed by atoms with van der Waals surface area (Å²) in [6.45, 7) is 4.02. The molecule has 1 aromatic carbocycles. The smallest absolute Gasteiger partial charge is 0.374 e. The first-order valence-corrected chi connectivity index (χ1v) is 11.5. The third-order valence-electron chi connectivity index (χ3n) is 5.70. The van der Waals surface area contributed by atoms with E-state index in [2.05, 4.69) is 29.2 Å². The van der Waals surface area contributed by atoms with Crippen LogP contribution in [-0.4, -0.2) is 56.4 Å². The summed E-state index contributed by atoms with van der Waals surface area (Å²) in [5.74, 6) is -0.752. The van der Waals surface area contributed by atoms with Gasteiger partial charge in [0.25, 0.3) is 10.0 Å². The molecule has 8 heteroatoms. The molecule has 0 saturated carbocycles. The molecule has 156 valence electrons. The number of esters is 1. The molecule has 2 aromatic rings. The van der Waals surface area contributed by atoms with E-state index in [1.54, 1.807) is 6.92 Å². The van der Waals surface area contributed by atoms with Gasteiger partial charge in [-0.25, -0.2) is 13.2 Å². The topological polar surface area (TPSA) is 80.1 Å². The lowest BCUT2D eigenvalue weighted by atomic mass is 9.86. The number of nitrogens with zero attached hydrogens (tertiary/aromatic N) is 2. The van der Waals surface area contributed by atoms with E-state index in [9.17, 15) is 13.2 Å². The lowest BCUT2D eigenvalue weighted by Crippen LogP contribution is -2.49. The molecule has 1 aliphatic heterocycles. The predicted octanol–water partition coefficient (Wildman–Crippen LogP) is 2.84. The zero-order valence-electron chi connectivity index (χ0n) is 16.5. The molecule has 0 bridgehead atoms. The van der Waals surface area contributed by atoms with Crippen molar-refractivity contribution in [1.82, 2.24) is 9.21 Å². The Morgan fingerprint density at radius 1 is 1.14 bits per heavy atom. The Balaban J connectivity index is 1.44. The van der Waals surface area contributed by atoms with E-state index < -0.39 is 16.0 Å². The van der Waals surface area contributed by atoms with Crippen LogP contribution >= 0.6 is 0 Å². The Morgan fingerprint density at radius 3 is 2.66 bits per heavy atom. The van der Waals surface area contributed by atoms with Crippen molar-refractivity contribution < 1.29 is 22.4 Å². The van der Waals surface area contributed by atoms with Crippen LogP contribution in [-0.2, 0) is 21.2 Å². The molecule has 1 aromatic heterocycles. The second kappa shape index (κ2) is 8.30. The standard InChI is InChI=1S/C21H26N2O5S/c1-2-27-21(24)19-10-11-20(28-19)29(25,26)23-14-12-22(13-15-23)18-9-5-7-16-6-3-4-8-17(16)18/h3-4,6,8,10-11,18H,2,5,7,9,12-15H2,1H3/t18-/m1/s1. The van der Waals surface area contributed by atoms with E-state index in [0.717, 1.165) is 19.3 Å². The van der Waals surface area contributed by atoms with Gasteiger partial charge in [-0.1, -0.05) is 24.3 Å². The van der Waals surface area contributed by atoms with Crippen LogP contribution in [0.25, 0.3) is 0 Å². The summed E-state index contributed by atoms with van der Waals surface area (Å²) in [5.41, 5.74) is 2.78. The second-order valence-corrected chi connectivity index (χ2v) is 9.25. The van der Waals surface area contributed by atoms with Crippen LogP contribution in [0, 0.1) is 0 Å². The molecular formula is C21H26N2O5S. The van der Waals surface area contributed by atoms with Gasteiger partial charge in [-0.3, -0.25) is 4.90 Å². The molecule has 1 fully saturated rings. The summed E-state index contributed by atoms with van der Waals surface area (Å²) in [7, 11) is -3.77. The average Bonchev–Trinajstić information content (AvgIpc) is 3.25. The number of fused-ring (bicyclic) bond motifs is 1. The number of furan rings is 1. The summed E-state index contributed by atoms with van der Waals surface area (Å²) in [5, 5.41) is -0.211. The molecule has 0 N–H and O–H groups in total. The minimum absolute atomic E-state index is 0.0946. The van der Waals surface area contributed by atoms with Crippen molar-refractivity contribution in [3.05, 3.63) is 53.3 Å². The summed E-state index contributed by atoms with van der Waals surface area (Å²) in [6.07, 6.45) is 3.37. The fourth-order valence-corrected chi connectivity index (χ4v) is 5.59. The number of aryl methyl sites for hydroxylation is 1. The second-order valence-electron chi connectivity index (χ2n) is 7.39. The highest BCUT2D eigenvalue weighted by molar-refractivity contribution is 7.89. The number of rotatable bonds is 5. The summed E-state index contributed by atoms with van der Waals surface area (Å²) >= 11 is 0. The van der Waals surface area contributed by atoms with Crippen LogP contribution in [0.3, 0.4) is 0 Å². The van der Waals surface area contributed by atoms with Crippen molar-refractivity contribution in [3.8, 4) is 0 Å². The Kier molecular flexibility index (Phi) is 5.76. The van der Waals surface area contributed by atoms with E-state index in [4.69, 9.17) is 9.15 Å². The maximum atomic E-state index is 12.9. The van der Waals surface area contributed by atoms with E-state index in [1.807, 2.05) is 0 Å². The SMILES string of the molecule is CCOC(=O)c1ccc(S(=O)(=O)N2CCN([C@@H]3CCCc4ccccc43)CC2)o1. The van der Waals surface area contributed by atoms with Gasteiger partial charge in [0.15, 0.2) is 0 Å². The highest BCUT2D eigenvalue weighted by Gasteiger charge is 2.34. The van der Waals surface area contributed by atoms with E-state index in [-0.39, 0.29) is 17.5 Å². The number of carbonyl (C=O) groups excluding carboxylic acids is 1. The Hall–Kier alpha value is -2.16. The zero-order chi connectivity index (χ0) is 20.4. The van der Waals surface area contributed by atoms with Gasteiger partial charge in [0.05, 0.1) is 6.61 Å². The third-order valence-corrected chi connectivity index (χ3v) is 7.48. The number of carbonyl (C=O) groups is 1. The zero-order valence-corrected chi connectivity index (χ0v) is 17.4. The number of hydrogen-bond acceptors (Lipinski definition) is 6. The molecule has 7 nitrogen and oxygen atoms in total. The molecule has 1 aliphatic carbocycles.